The molecule has 0 aliphatic rings. The van der Waals surface area contributed by atoms with E-state index >= 15 is 0 Å². The van der Waals surface area contributed by atoms with Crippen LogP contribution in [0.2, 0.25) is 0 Å². The molecular formula is C23H21N3O. The van der Waals surface area contributed by atoms with Crippen LogP contribution in [-0.2, 0) is 0 Å². The van der Waals surface area contributed by atoms with E-state index in [4.69, 9.17) is 0 Å². The molecule has 0 saturated carbocycles. The van der Waals surface area contributed by atoms with E-state index in [1.54, 1.807) is 0 Å². The highest BCUT2D eigenvalue weighted by Crippen LogP contribution is 2.22. The van der Waals surface area contributed by atoms with Gasteiger partial charge in [-0.25, -0.2) is 4.98 Å². The summed E-state index contributed by atoms with van der Waals surface area (Å²) < 4.78 is 2.01. The topological polar surface area (TPSA) is 46.4 Å². The molecule has 1 amide bonds. The Hall–Kier alpha value is -3.40. The van der Waals surface area contributed by atoms with E-state index in [2.05, 4.69) is 35.4 Å². The van der Waals surface area contributed by atoms with Crippen molar-refractivity contribution < 1.29 is 4.79 Å². The molecule has 0 saturated heterocycles. The second-order valence-corrected chi connectivity index (χ2v) is 7.00. The van der Waals surface area contributed by atoms with E-state index in [-0.39, 0.29) is 5.91 Å². The van der Waals surface area contributed by atoms with E-state index in [1.807, 2.05) is 67.0 Å². The number of nitrogens with one attached hydrogen (secondary N) is 1. The number of rotatable bonds is 3. The third kappa shape index (κ3) is 3.60. The van der Waals surface area contributed by atoms with Crippen LogP contribution in [0.1, 0.15) is 27.0 Å². The minimum Gasteiger partial charge on any atom is -0.322 e. The zero-order valence-electron chi connectivity index (χ0n) is 15.7. The van der Waals surface area contributed by atoms with Crippen LogP contribution in [0, 0.1) is 20.8 Å². The number of amides is 1. The summed E-state index contributed by atoms with van der Waals surface area (Å²) in [6.45, 7) is 6.05. The fourth-order valence-corrected chi connectivity index (χ4v) is 3.26. The lowest BCUT2D eigenvalue weighted by molar-refractivity contribution is 0.102. The predicted octanol–water partition coefficient (Wildman–Crippen LogP) is 5.18. The number of aromatic nitrogens is 2. The highest BCUT2D eigenvalue weighted by atomic mass is 16.1. The molecule has 0 radical (unpaired) electrons. The number of carbonyl (C=O) groups excluding carboxylic acids is 1. The SMILES string of the molecule is Cc1cc(C)cc(C(=O)Nc2ccc(-c3cn4ccc(C)cc4n3)cc2)c1. The molecular weight excluding hydrogens is 334 g/mol. The Morgan fingerprint density at radius 2 is 1.59 bits per heavy atom. The minimum absolute atomic E-state index is 0.0993. The van der Waals surface area contributed by atoms with Crippen LogP contribution in [0.15, 0.2) is 67.0 Å². The van der Waals surface area contributed by atoms with Gasteiger partial charge in [0.2, 0.25) is 0 Å². The van der Waals surface area contributed by atoms with Gasteiger partial charge in [-0.3, -0.25) is 4.79 Å². The van der Waals surface area contributed by atoms with Crippen molar-refractivity contribution in [3.63, 3.8) is 0 Å². The largest absolute Gasteiger partial charge is 0.322 e. The van der Waals surface area contributed by atoms with Crippen LogP contribution in [0.3, 0.4) is 0 Å². The standard InChI is InChI=1S/C23H21N3O/c1-15-8-9-26-14-21(25-22(26)13-15)18-4-6-20(7-5-18)24-23(27)19-11-16(2)10-17(3)12-19/h4-14H,1-3H3,(H,24,27). The number of aryl methyl sites for hydroxylation is 3. The van der Waals surface area contributed by atoms with Crippen LogP contribution in [0.4, 0.5) is 5.69 Å². The predicted molar refractivity (Wildman–Crippen MR) is 109 cm³/mol. The number of fused-ring (bicyclic) bond motifs is 1. The second kappa shape index (κ2) is 6.72. The Morgan fingerprint density at radius 3 is 2.30 bits per heavy atom. The van der Waals surface area contributed by atoms with Crippen LogP contribution < -0.4 is 5.32 Å². The van der Waals surface area contributed by atoms with Gasteiger partial charge in [-0.2, -0.15) is 0 Å². The Bertz CT molecular complexity index is 1120. The maximum atomic E-state index is 12.5. The monoisotopic (exact) mass is 355 g/mol. The van der Waals surface area contributed by atoms with Crippen LogP contribution in [0.5, 0.6) is 0 Å². The maximum Gasteiger partial charge on any atom is 0.255 e. The van der Waals surface area contributed by atoms with Crippen LogP contribution >= 0.6 is 0 Å². The summed E-state index contributed by atoms with van der Waals surface area (Å²) >= 11 is 0. The molecule has 4 aromatic rings. The Balaban J connectivity index is 1.55. The number of hydrogen-bond donors (Lipinski definition) is 1. The van der Waals surface area contributed by atoms with Gasteiger partial charge in [-0.15, -0.1) is 0 Å². The average Bonchev–Trinajstić information content (AvgIpc) is 3.04. The van der Waals surface area contributed by atoms with E-state index in [1.165, 1.54) is 5.56 Å². The molecule has 0 aliphatic carbocycles. The molecule has 0 atom stereocenters. The van der Waals surface area contributed by atoms with E-state index < -0.39 is 0 Å². The highest BCUT2D eigenvalue weighted by Gasteiger charge is 2.09. The number of pyridine rings is 1. The summed E-state index contributed by atoms with van der Waals surface area (Å²) in [5.74, 6) is -0.0993. The molecule has 134 valence electrons. The molecule has 0 bridgehead atoms. The van der Waals surface area contributed by atoms with Crippen LogP contribution in [-0.4, -0.2) is 15.3 Å². The number of imidazole rings is 1. The van der Waals surface area contributed by atoms with Gasteiger partial charge in [0.25, 0.3) is 5.91 Å². The van der Waals surface area contributed by atoms with Crippen molar-refractivity contribution in [1.29, 1.82) is 0 Å². The van der Waals surface area contributed by atoms with Gasteiger partial charge in [0.15, 0.2) is 0 Å². The Labute approximate surface area is 158 Å². The molecule has 0 spiro atoms. The summed E-state index contributed by atoms with van der Waals surface area (Å²) in [7, 11) is 0. The zero-order valence-corrected chi connectivity index (χ0v) is 15.7. The number of nitrogens with zero attached hydrogens (tertiary/aromatic N) is 2. The van der Waals surface area contributed by atoms with Gasteiger partial charge in [-0.1, -0.05) is 29.3 Å². The molecule has 4 rings (SSSR count). The summed E-state index contributed by atoms with van der Waals surface area (Å²) in [5, 5.41) is 2.96. The first kappa shape index (κ1) is 17.0. The number of benzene rings is 2. The first-order valence-corrected chi connectivity index (χ1v) is 8.93. The van der Waals surface area contributed by atoms with E-state index in [0.717, 1.165) is 33.7 Å². The second-order valence-electron chi connectivity index (χ2n) is 7.00. The lowest BCUT2D eigenvalue weighted by Gasteiger charge is -2.08. The average molecular weight is 355 g/mol. The minimum atomic E-state index is -0.0993. The lowest BCUT2D eigenvalue weighted by Crippen LogP contribution is -2.12. The van der Waals surface area contributed by atoms with Gasteiger partial charge in [0.05, 0.1) is 5.69 Å². The third-order valence-corrected chi connectivity index (χ3v) is 4.54. The third-order valence-electron chi connectivity index (χ3n) is 4.54. The summed E-state index contributed by atoms with van der Waals surface area (Å²) in [6.07, 6.45) is 4.03. The van der Waals surface area contributed by atoms with E-state index in [0.29, 0.717) is 5.56 Å². The zero-order chi connectivity index (χ0) is 19.0. The molecule has 1 N–H and O–H groups in total. The molecule has 27 heavy (non-hydrogen) atoms. The van der Waals surface area contributed by atoms with E-state index in [9.17, 15) is 4.79 Å². The molecule has 0 unspecified atom stereocenters. The maximum absolute atomic E-state index is 12.5. The summed E-state index contributed by atoms with van der Waals surface area (Å²) in [4.78, 5) is 17.2. The normalized spacial score (nSPS) is 10.9. The highest BCUT2D eigenvalue weighted by molar-refractivity contribution is 6.04. The lowest BCUT2D eigenvalue weighted by atomic mass is 10.1. The van der Waals surface area contributed by atoms with Gasteiger partial charge in [-0.05, 0) is 62.7 Å². The van der Waals surface area contributed by atoms with Crippen LogP contribution in [0.25, 0.3) is 16.9 Å². The quantitative estimate of drug-likeness (QED) is 0.550. The van der Waals surface area contributed by atoms with Crippen molar-refractivity contribution in [2.24, 2.45) is 0 Å². The molecule has 4 nitrogen and oxygen atoms in total. The van der Waals surface area contributed by atoms with Crippen molar-refractivity contribution in [2.45, 2.75) is 20.8 Å². The van der Waals surface area contributed by atoms with Crippen molar-refractivity contribution in [3.8, 4) is 11.3 Å². The molecule has 2 aromatic heterocycles. The first-order chi connectivity index (χ1) is 13.0. The Morgan fingerprint density at radius 1 is 0.889 bits per heavy atom. The summed E-state index contributed by atoms with van der Waals surface area (Å²) in [5.41, 5.74) is 7.64. The van der Waals surface area contributed by atoms with Gasteiger partial charge < -0.3 is 9.72 Å². The fourth-order valence-electron chi connectivity index (χ4n) is 3.26. The van der Waals surface area contributed by atoms with Crippen molar-refractivity contribution >= 4 is 17.2 Å². The Kier molecular flexibility index (Phi) is 4.24. The van der Waals surface area contributed by atoms with Gasteiger partial charge in [0.1, 0.15) is 5.65 Å². The van der Waals surface area contributed by atoms with Crippen molar-refractivity contribution in [3.05, 3.63) is 89.2 Å². The number of hydrogen-bond acceptors (Lipinski definition) is 2. The fraction of sp³-hybridized carbons (Fsp3) is 0.130. The van der Waals surface area contributed by atoms with Gasteiger partial charge in [0, 0.05) is 29.2 Å². The van der Waals surface area contributed by atoms with Crippen molar-refractivity contribution in [2.75, 3.05) is 5.32 Å². The van der Waals surface area contributed by atoms with Crippen molar-refractivity contribution in [1.82, 2.24) is 9.38 Å². The molecule has 2 heterocycles. The van der Waals surface area contributed by atoms with Gasteiger partial charge >= 0.3 is 0 Å². The summed E-state index contributed by atoms with van der Waals surface area (Å²) in [6, 6.07) is 17.7. The molecule has 0 aliphatic heterocycles. The molecule has 2 aromatic carbocycles. The smallest absolute Gasteiger partial charge is 0.255 e. The number of carbonyl (C=O) groups is 1. The molecule has 4 heteroatoms. The first-order valence-electron chi connectivity index (χ1n) is 8.93. The number of anilines is 1. The molecule has 0 fully saturated rings.